The van der Waals surface area contributed by atoms with Gasteiger partial charge >= 0.3 is 6.03 Å². The number of benzene rings is 3. The third-order valence-electron chi connectivity index (χ3n) is 7.38. The number of urea groups is 1. The van der Waals surface area contributed by atoms with Crippen molar-refractivity contribution in [1.29, 1.82) is 0 Å². The third-order valence-corrected chi connectivity index (χ3v) is 7.38. The van der Waals surface area contributed by atoms with E-state index in [1.807, 2.05) is 38.2 Å². The average Bonchev–Trinajstić information content (AvgIpc) is 3.01. The van der Waals surface area contributed by atoms with Gasteiger partial charge in [0.25, 0.3) is 0 Å². The quantitative estimate of drug-likeness (QED) is 0.338. The Hall–Kier alpha value is -4.15. The Bertz CT molecular complexity index is 1350. The normalized spacial score (nSPS) is 17.8. The molecule has 42 heavy (non-hydrogen) atoms. The second-order valence-electron chi connectivity index (χ2n) is 10.8. The summed E-state index contributed by atoms with van der Waals surface area (Å²) in [5.41, 5.74) is 2.69. The van der Waals surface area contributed by atoms with E-state index in [9.17, 15) is 19.1 Å². The first-order chi connectivity index (χ1) is 20.1. The highest BCUT2D eigenvalue weighted by atomic mass is 19.1. The Kier molecular flexibility index (Phi) is 10.4. The Balaban J connectivity index is 1.54. The van der Waals surface area contributed by atoms with Gasteiger partial charge in [-0.05, 0) is 74.1 Å². The van der Waals surface area contributed by atoms with Crippen LogP contribution in [0.25, 0.3) is 0 Å². The van der Waals surface area contributed by atoms with Gasteiger partial charge in [-0.1, -0.05) is 19.1 Å². The van der Waals surface area contributed by atoms with Crippen LogP contribution < -0.4 is 20.1 Å². The zero-order valence-corrected chi connectivity index (χ0v) is 24.5. The standard InChI is InChI=1S/C32H39FN4O5/c1-21-17-37(22(2)20-38)31(39)16-24-15-27(35-32(40)34-26-9-7-25(33)8-10-26)11-14-29(24)42-30(21)19-36(3)18-23-5-12-28(41-4)13-6-23/h5-15,21-22,30,38H,16-20H2,1-4H3,(H2,34,35,40)/t21-,22+,30-/m1/s1. The Morgan fingerprint density at radius 3 is 2.45 bits per heavy atom. The van der Waals surface area contributed by atoms with E-state index in [0.29, 0.717) is 42.3 Å². The van der Waals surface area contributed by atoms with Gasteiger partial charge in [0.05, 0.1) is 26.2 Å². The summed E-state index contributed by atoms with van der Waals surface area (Å²) >= 11 is 0. The van der Waals surface area contributed by atoms with Crippen molar-refractivity contribution in [2.75, 3.05) is 44.5 Å². The van der Waals surface area contributed by atoms with Crippen LogP contribution in [0.4, 0.5) is 20.6 Å². The summed E-state index contributed by atoms with van der Waals surface area (Å²) in [6, 6.07) is 17.7. The summed E-state index contributed by atoms with van der Waals surface area (Å²) in [6.07, 6.45) is -0.206. The van der Waals surface area contributed by atoms with Crippen LogP contribution >= 0.6 is 0 Å². The maximum Gasteiger partial charge on any atom is 0.323 e. The van der Waals surface area contributed by atoms with E-state index in [4.69, 9.17) is 9.47 Å². The van der Waals surface area contributed by atoms with E-state index in [1.54, 1.807) is 30.2 Å². The lowest BCUT2D eigenvalue weighted by Crippen LogP contribution is -2.47. The lowest BCUT2D eigenvalue weighted by Gasteiger charge is -2.34. The second-order valence-corrected chi connectivity index (χ2v) is 10.8. The largest absolute Gasteiger partial charge is 0.497 e. The van der Waals surface area contributed by atoms with Gasteiger partial charge in [0.2, 0.25) is 5.91 Å². The highest BCUT2D eigenvalue weighted by molar-refractivity contribution is 5.99. The van der Waals surface area contributed by atoms with Crippen molar-refractivity contribution >= 4 is 23.3 Å². The molecule has 3 aromatic carbocycles. The molecule has 0 saturated carbocycles. The molecule has 0 fully saturated rings. The topological polar surface area (TPSA) is 103 Å². The fraction of sp³-hybridized carbons (Fsp3) is 0.375. The number of halogens is 1. The Morgan fingerprint density at radius 2 is 1.79 bits per heavy atom. The summed E-state index contributed by atoms with van der Waals surface area (Å²) in [4.78, 5) is 29.9. The monoisotopic (exact) mass is 578 g/mol. The Morgan fingerprint density at radius 1 is 1.12 bits per heavy atom. The molecular formula is C32H39FN4O5. The maximum absolute atomic E-state index is 13.5. The molecule has 1 heterocycles. The molecule has 3 N–H and O–H groups in total. The lowest BCUT2D eigenvalue weighted by atomic mass is 10.0. The van der Waals surface area contributed by atoms with Crippen molar-refractivity contribution in [3.05, 3.63) is 83.7 Å². The number of anilines is 2. The summed E-state index contributed by atoms with van der Waals surface area (Å²) in [5.74, 6) is 0.809. The molecule has 0 unspecified atom stereocenters. The smallest absolute Gasteiger partial charge is 0.323 e. The zero-order valence-electron chi connectivity index (χ0n) is 24.5. The highest BCUT2D eigenvalue weighted by Gasteiger charge is 2.31. The molecule has 0 radical (unpaired) electrons. The third kappa shape index (κ3) is 8.20. The van der Waals surface area contributed by atoms with Gasteiger partial charge in [0.1, 0.15) is 23.4 Å². The number of carbonyl (C=O) groups is 2. The van der Waals surface area contributed by atoms with E-state index < -0.39 is 11.8 Å². The molecule has 3 amide bonds. The summed E-state index contributed by atoms with van der Waals surface area (Å²) in [5, 5.41) is 15.3. The van der Waals surface area contributed by atoms with Crippen molar-refractivity contribution in [2.45, 2.75) is 39.0 Å². The van der Waals surface area contributed by atoms with E-state index in [1.165, 1.54) is 24.3 Å². The van der Waals surface area contributed by atoms with Crippen LogP contribution in [0.15, 0.2) is 66.7 Å². The van der Waals surface area contributed by atoms with Crippen LogP contribution in [0.5, 0.6) is 11.5 Å². The number of hydrogen-bond acceptors (Lipinski definition) is 6. The molecule has 10 heteroatoms. The molecule has 1 aliphatic rings. The zero-order chi connectivity index (χ0) is 30.2. The molecular weight excluding hydrogens is 539 g/mol. The second kappa shape index (κ2) is 14.2. The molecule has 0 aliphatic carbocycles. The van der Waals surface area contributed by atoms with Crippen LogP contribution in [-0.2, 0) is 17.8 Å². The number of nitrogens with one attached hydrogen (secondary N) is 2. The lowest BCUT2D eigenvalue weighted by molar-refractivity contribution is -0.134. The van der Waals surface area contributed by atoms with E-state index in [0.717, 1.165) is 11.3 Å². The minimum atomic E-state index is -0.501. The number of amides is 3. The average molecular weight is 579 g/mol. The SMILES string of the molecule is COc1ccc(CN(C)C[C@H]2Oc3ccc(NC(=O)Nc4ccc(F)cc4)cc3CC(=O)N([C@@H](C)CO)C[C@H]2C)cc1. The van der Waals surface area contributed by atoms with Crippen LogP contribution in [0.3, 0.4) is 0 Å². The van der Waals surface area contributed by atoms with Crippen molar-refractivity contribution in [3.63, 3.8) is 0 Å². The number of aliphatic hydroxyl groups excluding tert-OH is 1. The molecule has 224 valence electrons. The maximum atomic E-state index is 13.5. The Labute approximate surface area is 246 Å². The van der Waals surface area contributed by atoms with Crippen LogP contribution in [0.1, 0.15) is 25.0 Å². The van der Waals surface area contributed by atoms with Gasteiger partial charge in [0.15, 0.2) is 0 Å². The number of fused-ring (bicyclic) bond motifs is 1. The first-order valence-corrected chi connectivity index (χ1v) is 14.0. The number of carbonyl (C=O) groups excluding carboxylic acids is 2. The minimum Gasteiger partial charge on any atom is -0.497 e. The van der Waals surface area contributed by atoms with Crippen molar-refractivity contribution in [2.24, 2.45) is 5.92 Å². The number of hydrogen-bond donors (Lipinski definition) is 3. The fourth-order valence-corrected chi connectivity index (χ4v) is 4.97. The fourth-order valence-electron chi connectivity index (χ4n) is 4.97. The predicted molar refractivity (Wildman–Crippen MR) is 160 cm³/mol. The number of aliphatic hydroxyl groups is 1. The number of likely N-dealkylation sites (N-methyl/N-ethyl adjacent to an activating group) is 1. The van der Waals surface area contributed by atoms with Gasteiger partial charge in [-0.15, -0.1) is 0 Å². The number of nitrogens with zero attached hydrogens (tertiary/aromatic N) is 2. The van der Waals surface area contributed by atoms with E-state index in [2.05, 4.69) is 22.5 Å². The molecule has 0 spiro atoms. The summed E-state index contributed by atoms with van der Waals surface area (Å²) < 4.78 is 25.1. The van der Waals surface area contributed by atoms with Crippen LogP contribution in [0.2, 0.25) is 0 Å². The van der Waals surface area contributed by atoms with E-state index in [-0.39, 0.29) is 37.0 Å². The predicted octanol–water partition coefficient (Wildman–Crippen LogP) is 4.76. The first-order valence-electron chi connectivity index (χ1n) is 14.0. The summed E-state index contributed by atoms with van der Waals surface area (Å²) in [6.45, 7) is 5.46. The highest BCUT2D eigenvalue weighted by Crippen LogP contribution is 2.29. The van der Waals surface area contributed by atoms with Crippen LogP contribution in [0, 0.1) is 11.7 Å². The van der Waals surface area contributed by atoms with Gasteiger partial charge in [0, 0.05) is 42.5 Å². The summed E-state index contributed by atoms with van der Waals surface area (Å²) in [7, 11) is 3.67. The molecule has 9 nitrogen and oxygen atoms in total. The molecule has 0 bridgehead atoms. The van der Waals surface area contributed by atoms with Gasteiger partial charge in [-0.3, -0.25) is 9.69 Å². The molecule has 0 saturated heterocycles. The first kappa shape index (κ1) is 30.8. The number of rotatable bonds is 9. The molecule has 0 aromatic heterocycles. The van der Waals surface area contributed by atoms with Crippen molar-refractivity contribution in [1.82, 2.24) is 9.80 Å². The molecule has 4 rings (SSSR count). The van der Waals surface area contributed by atoms with Crippen molar-refractivity contribution in [3.8, 4) is 11.5 Å². The van der Waals surface area contributed by atoms with Gasteiger partial charge in [-0.2, -0.15) is 0 Å². The van der Waals surface area contributed by atoms with E-state index >= 15 is 0 Å². The van der Waals surface area contributed by atoms with Crippen LogP contribution in [-0.4, -0.2) is 72.8 Å². The molecule has 3 aromatic rings. The molecule has 3 atom stereocenters. The number of methoxy groups -OCH3 is 1. The van der Waals surface area contributed by atoms with Gasteiger partial charge in [-0.25, -0.2) is 9.18 Å². The van der Waals surface area contributed by atoms with Crippen molar-refractivity contribution < 1.29 is 28.6 Å². The van der Waals surface area contributed by atoms with Gasteiger partial charge < -0.3 is 30.1 Å². The number of ether oxygens (including phenoxy) is 2. The molecule has 1 aliphatic heterocycles. The minimum absolute atomic E-state index is 0.0356.